The lowest BCUT2D eigenvalue weighted by Crippen LogP contribution is -2.56. The van der Waals surface area contributed by atoms with Crippen LogP contribution in [-0.2, 0) is 9.59 Å². The first-order chi connectivity index (χ1) is 8.94. The molecule has 0 aromatic rings. The highest BCUT2D eigenvalue weighted by Crippen LogP contribution is 2.31. The van der Waals surface area contributed by atoms with Crippen LogP contribution in [0.15, 0.2) is 0 Å². The molecule has 0 heterocycles. The molecule has 1 fully saturated rings. The number of nitrogens with one attached hydrogen (secondary N) is 1. The Hall–Kier alpha value is -0.200. The number of aliphatic carboxylic acids is 1. The predicted molar refractivity (Wildman–Crippen MR) is 81.9 cm³/mol. The van der Waals surface area contributed by atoms with Gasteiger partial charge < -0.3 is 9.90 Å². The first-order valence-electron chi connectivity index (χ1n) is 6.72. The molecule has 1 aliphatic rings. The number of carbonyl (C=O) groups is 2. The van der Waals surface area contributed by atoms with Crippen molar-refractivity contribution >= 4 is 37.5 Å². The van der Waals surface area contributed by atoms with E-state index >= 15 is 0 Å². The molecule has 2 N–H and O–H groups in total. The Morgan fingerprint density at radius 3 is 2.68 bits per heavy atom. The van der Waals surface area contributed by atoms with Crippen molar-refractivity contribution in [3.05, 3.63) is 0 Å². The van der Waals surface area contributed by atoms with Gasteiger partial charge in [0, 0.05) is 18.2 Å². The van der Waals surface area contributed by atoms with Crippen molar-refractivity contribution in [1.82, 2.24) is 5.32 Å². The summed E-state index contributed by atoms with van der Waals surface area (Å²) < 4.78 is 0. The molecule has 1 aliphatic carbocycles. The third-order valence-electron chi connectivity index (χ3n) is 4.02. The average molecular weight is 305 g/mol. The zero-order chi connectivity index (χ0) is 14.5. The van der Waals surface area contributed by atoms with Crippen LogP contribution in [0.1, 0.15) is 39.0 Å². The largest absolute Gasteiger partial charge is 0.481 e. The average Bonchev–Trinajstić information content (AvgIpc) is 2.39. The highest BCUT2D eigenvalue weighted by Gasteiger charge is 2.38. The molecule has 1 rings (SSSR count). The Morgan fingerprint density at radius 1 is 1.53 bits per heavy atom. The van der Waals surface area contributed by atoms with Crippen LogP contribution in [0.2, 0.25) is 0 Å². The van der Waals surface area contributed by atoms with Gasteiger partial charge in [-0.15, -0.1) is 0 Å². The Kier molecular flexibility index (Phi) is 6.69. The van der Waals surface area contributed by atoms with Crippen molar-refractivity contribution in [2.24, 2.45) is 11.8 Å². The minimum Gasteiger partial charge on any atom is -0.481 e. The van der Waals surface area contributed by atoms with Crippen LogP contribution >= 0.6 is 25.3 Å². The number of aldehydes is 1. The molecule has 0 bridgehead atoms. The molecule has 0 amide bonds. The lowest BCUT2D eigenvalue weighted by molar-refractivity contribution is -0.144. The van der Waals surface area contributed by atoms with E-state index < -0.39 is 10.8 Å². The summed E-state index contributed by atoms with van der Waals surface area (Å²) in [6, 6.07) is -0.0926. The van der Waals surface area contributed by atoms with Crippen molar-refractivity contribution < 1.29 is 14.7 Å². The van der Waals surface area contributed by atoms with Crippen molar-refractivity contribution in [3.8, 4) is 0 Å². The summed E-state index contributed by atoms with van der Waals surface area (Å²) in [5, 5.41) is 12.6. The van der Waals surface area contributed by atoms with E-state index in [1.807, 2.05) is 6.92 Å². The summed E-state index contributed by atoms with van der Waals surface area (Å²) in [4.78, 5) is 21.3. The maximum Gasteiger partial charge on any atom is 0.308 e. The third-order valence-corrected chi connectivity index (χ3v) is 5.50. The molecule has 6 heteroatoms. The van der Waals surface area contributed by atoms with Gasteiger partial charge in [-0.25, -0.2) is 0 Å². The van der Waals surface area contributed by atoms with Gasteiger partial charge in [-0.05, 0) is 18.8 Å². The summed E-state index contributed by atoms with van der Waals surface area (Å²) >= 11 is 8.94. The lowest BCUT2D eigenvalue weighted by Gasteiger charge is -2.40. The van der Waals surface area contributed by atoms with Crippen LogP contribution in [0.5, 0.6) is 0 Å². The van der Waals surface area contributed by atoms with Crippen molar-refractivity contribution in [2.75, 3.05) is 5.75 Å². The molecule has 0 spiro atoms. The van der Waals surface area contributed by atoms with E-state index in [0.29, 0.717) is 18.6 Å². The second-order valence-corrected chi connectivity index (χ2v) is 6.48. The number of carbonyl (C=O) groups excluding carboxylic acids is 1. The quantitative estimate of drug-likeness (QED) is 0.330. The van der Waals surface area contributed by atoms with Gasteiger partial charge in [-0.2, -0.15) is 25.3 Å². The smallest absolute Gasteiger partial charge is 0.308 e. The third kappa shape index (κ3) is 4.39. The fourth-order valence-corrected chi connectivity index (χ4v) is 3.28. The summed E-state index contributed by atoms with van der Waals surface area (Å²) in [6.07, 6.45) is 4.78. The summed E-state index contributed by atoms with van der Waals surface area (Å²) in [5.41, 5.74) is 0. The summed E-state index contributed by atoms with van der Waals surface area (Å²) in [6.45, 7) is 1.93. The molecule has 4 nitrogen and oxygen atoms in total. The van der Waals surface area contributed by atoms with Crippen LogP contribution in [-0.4, -0.2) is 34.0 Å². The van der Waals surface area contributed by atoms with Gasteiger partial charge in [-0.1, -0.05) is 19.8 Å². The maximum atomic E-state index is 11.3. The van der Waals surface area contributed by atoms with E-state index in [0.717, 1.165) is 25.5 Å². The minimum atomic E-state index is -0.755. The molecule has 4 unspecified atom stereocenters. The molecule has 4 atom stereocenters. The maximum absolute atomic E-state index is 11.3. The van der Waals surface area contributed by atoms with E-state index in [4.69, 9.17) is 0 Å². The highest BCUT2D eigenvalue weighted by molar-refractivity contribution is 7.85. The molecular weight excluding hydrogens is 282 g/mol. The molecule has 0 radical (unpaired) electrons. The second-order valence-electron chi connectivity index (χ2n) is 5.37. The predicted octanol–water partition coefficient (Wildman–Crippen LogP) is 2.00. The van der Waals surface area contributed by atoms with Crippen LogP contribution < -0.4 is 5.32 Å². The second kappa shape index (κ2) is 7.55. The van der Waals surface area contributed by atoms with Crippen molar-refractivity contribution in [1.29, 1.82) is 0 Å². The van der Waals surface area contributed by atoms with Gasteiger partial charge in [0.05, 0.1) is 10.8 Å². The Bertz CT molecular complexity index is 327. The fourth-order valence-electron chi connectivity index (χ4n) is 2.60. The van der Waals surface area contributed by atoms with Crippen LogP contribution in [0.4, 0.5) is 0 Å². The van der Waals surface area contributed by atoms with Gasteiger partial charge in [0.1, 0.15) is 6.29 Å². The SMILES string of the molecule is CC(CC=O)C(S)(CS)NC1CCCCC1C(=O)O. The zero-order valence-corrected chi connectivity index (χ0v) is 13.0. The molecule has 110 valence electrons. The molecule has 0 aliphatic heterocycles. The van der Waals surface area contributed by atoms with Gasteiger partial charge in [0.15, 0.2) is 0 Å². The minimum absolute atomic E-state index is 0.00204. The summed E-state index contributed by atoms with van der Waals surface area (Å²) in [5.74, 6) is -0.672. The van der Waals surface area contributed by atoms with Crippen molar-refractivity contribution in [3.63, 3.8) is 0 Å². The molecule has 19 heavy (non-hydrogen) atoms. The number of thiol groups is 2. The Morgan fingerprint density at radius 2 is 2.16 bits per heavy atom. The van der Waals surface area contributed by atoms with E-state index in [2.05, 4.69) is 30.6 Å². The van der Waals surface area contributed by atoms with Crippen LogP contribution in [0, 0.1) is 11.8 Å². The number of carboxylic acid groups (broad SMARTS) is 1. The highest BCUT2D eigenvalue weighted by atomic mass is 32.1. The normalized spacial score (nSPS) is 28.4. The molecular formula is C13H23NO3S2. The van der Waals surface area contributed by atoms with E-state index in [1.54, 1.807) is 0 Å². The number of hydrogen-bond donors (Lipinski definition) is 4. The van der Waals surface area contributed by atoms with Gasteiger partial charge in [0.25, 0.3) is 0 Å². The molecule has 0 aromatic heterocycles. The van der Waals surface area contributed by atoms with Gasteiger partial charge >= 0.3 is 5.97 Å². The first kappa shape index (κ1) is 16.9. The molecule has 0 saturated heterocycles. The zero-order valence-electron chi connectivity index (χ0n) is 11.2. The Labute approximate surface area is 125 Å². The molecule has 1 saturated carbocycles. The standard InChI is InChI=1S/C13H23NO3S2/c1-9(6-7-15)13(19,8-18)14-11-5-3-2-4-10(11)12(16)17/h7,9-11,14,18-19H,2-6,8H2,1H3,(H,16,17). The Balaban J connectivity index is 2.77. The van der Waals surface area contributed by atoms with Crippen LogP contribution in [0.25, 0.3) is 0 Å². The van der Waals surface area contributed by atoms with Crippen molar-refractivity contribution in [2.45, 2.75) is 49.9 Å². The monoisotopic (exact) mass is 305 g/mol. The van der Waals surface area contributed by atoms with Gasteiger partial charge in [-0.3, -0.25) is 10.1 Å². The first-order valence-corrected chi connectivity index (χ1v) is 7.80. The van der Waals surface area contributed by atoms with E-state index in [1.165, 1.54) is 0 Å². The lowest BCUT2D eigenvalue weighted by atomic mass is 9.83. The molecule has 0 aromatic carbocycles. The number of carboxylic acids is 1. The number of hydrogen-bond acceptors (Lipinski definition) is 5. The van der Waals surface area contributed by atoms with E-state index in [-0.39, 0.29) is 17.9 Å². The fraction of sp³-hybridized carbons (Fsp3) is 0.846. The van der Waals surface area contributed by atoms with Crippen LogP contribution in [0.3, 0.4) is 0 Å². The van der Waals surface area contributed by atoms with E-state index in [9.17, 15) is 14.7 Å². The topological polar surface area (TPSA) is 66.4 Å². The number of rotatable bonds is 7. The van der Waals surface area contributed by atoms with Gasteiger partial charge in [0.2, 0.25) is 0 Å². The summed E-state index contributed by atoms with van der Waals surface area (Å²) in [7, 11) is 0.